The minimum absolute atomic E-state index is 0.258. The molecule has 1 atom stereocenters. The summed E-state index contributed by atoms with van der Waals surface area (Å²) in [6, 6.07) is 0. The van der Waals surface area contributed by atoms with Crippen LogP contribution in [0, 0.1) is 5.41 Å². The minimum Gasteiger partial charge on any atom is -0.479 e. The number of aliphatic hydroxyl groups is 1. The highest BCUT2D eigenvalue weighted by atomic mass is 16.4. The molecule has 0 saturated heterocycles. The van der Waals surface area contributed by atoms with E-state index < -0.39 is 17.5 Å². The number of amides is 1. The number of nitrogens with one attached hydrogen (secondary N) is 1. The first-order chi connectivity index (χ1) is 5.75. The van der Waals surface area contributed by atoms with Gasteiger partial charge >= 0.3 is 5.97 Å². The van der Waals surface area contributed by atoms with Crippen molar-refractivity contribution in [1.82, 2.24) is 5.32 Å². The van der Waals surface area contributed by atoms with E-state index in [0.29, 0.717) is 0 Å². The number of aliphatic carboxylic acids is 1. The second-order valence-electron chi connectivity index (χ2n) is 3.81. The highest BCUT2D eigenvalue weighted by Crippen LogP contribution is 2.11. The van der Waals surface area contributed by atoms with Gasteiger partial charge in [-0.25, -0.2) is 4.79 Å². The number of hydrogen-bond acceptors (Lipinski definition) is 3. The van der Waals surface area contributed by atoms with Crippen molar-refractivity contribution >= 4 is 11.9 Å². The predicted octanol–water partition coefficient (Wildman–Crippen LogP) is -0.406. The molecule has 0 fully saturated rings. The Morgan fingerprint density at radius 2 is 1.85 bits per heavy atom. The zero-order chi connectivity index (χ0) is 10.6. The molecule has 0 heterocycles. The van der Waals surface area contributed by atoms with Gasteiger partial charge in [0.15, 0.2) is 6.10 Å². The van der Waals surface area contributed by atoms with Crippen LogP contribution >= 0.6 is 0 Å². The van der Waals surface area contributed by atoms with Crippen molar-refractivity contribution < 1.29 is 19.8 Å². The average Bonchev–Trinajstić information content (AvgIpc) is 1.97. The van der Waals surface area contributed by atoms with E-state index in [9.17, 15) is 9.59 Å². The Bertz CT molecular complexity index is 207. The quantitative estimate of drug-likeness (QED) is 0.563. The number of carboxylic acid groups (broad SMARTS) is 1. The smallest absolute Gasteiger partial charge is 0.334 e. The second-order valence-corrected chi connectivity index (χ2v) is 3.81. The summed E-state index contributed by atoms with van der Waals surface area (Å²) in [6.07, 6.45) is -1.54. The van der Waals surface area contributed by atoms with E-state index in [1.54, 1.807) is 20.8 Å². The Kier molecular flexibility index (Phi) is 3.87. The SMILES string of the molecule is CC(C)(C)C(=O)NCC(O)C(=O)O. The summed E-state index contributed by atoms with van der Waals surface area (Å²) in [6.45, 7) is 4.85. The van der Waals surface area contributed by atoms with Crippen LogP contribution in [0.15, 0.2) is 0 Å². The maximum atomic E-state index is 11.2. The molecule has 76 valence electrons. The van der Waals surface area contributed by atoms with E-state index in [-0.39, 0.29) is 12.5 Å². The lowest BCUT2D eigenvalue weighted by Crippen LogP contribution is -2.41. The molecule has 0 aromatic rings. The van der Waals surface area contributed by atoms with Gasteiger partial charge in [-0.1, -0.05) is 20.8 Å². The van der Waals surface area contributed by atoms with Crippen molar-refractivity contribution in [2.24, 2.45) is 5.41 Å². The van der Waals surface area contributed by atoms with E-state index in [1.165, 1.54) is 0 Å². The summed E-state index contributed by atoms with van der Waals surface area (Å²) >= 11 is 0. The maximum Gasteiger partial charge on any atom is 0.334 e. The molecule has 1 amide bonds. The molecule has 0 aliphatic carbocycles. The monoisotopic (exact) mass is 189 g/mol. The van der Waals surface area contributed by atoms with Crippen molar-refractivity contribution in [3.63, 3.8) is 0 Å². The van der Waals surface area contributed by atoms with Gasteiger partial charge in [-0.2, -0.15) is 0 Å². The molecule has 0 aromatic heterocycles. The first-order valence-corrected chi connectivity index (χ1v) is 3.94. The third-order valence-electron chi connectivity index (χ3n) is 1.42. The lowest BCUT2D eigenvalue weighted by atomic mass is 9.96. The average molecular weight is 189 g/mol. The Balaban J connectivity index is 3.91. The molecule has 0 spiro atoms. The molecule has 0 bridgehead atoms. The van der Waals surface area contributed by atoms with Gasteiger partial charge in [-0.3, -0.25) is 4.79 Å². The van der Waals surface area contributed by atoms with Crippen LogP contribution in [0.3, 0.4) is 0 Å². The fraction of sp³-hybridized carbons (Fsp3) is 0.750. The minimum atomic E-state index is -1.54. The lowest BCUT2D eigenvalue weighted by molar-refractivity contribution is -0.146. The summed E-state index contributed by atoms with van der Waals surface area (Å²) in [5.74, 6) is -1.62. The number of carbonyl (C=O) groups is 2. The highest BCUT2D eigenvalue weighted by molar-refractivity contribution is 5.82. The van der Waals surface area contributed by atoms with Gasteiger partial charge < -0.3 is 15.5 Å². The van der Waals surface area contributed by atoms with Gasteiger partial charge in [0.1, 0.15) is 0 Å². The topological polar surface area (TPSA) is 86.6 Å². The normalized spacial score (nSPS) is 13.5. The maximum absolute atomic E-state index is 11.2. The molecular formula is C8H15NO4. The molecule has 5 nitrogen and oxygen atoms in total. The Hall–Kier alpha value is -1.10. The van der Waals surface area contributed by atoms with Crippen LogP contribution in [0.25, 0.3) is 0 Å². The molecular weight excluding hydrogens is 174 g/mol. The Morgan fingerprint density at radius 3 is 2.15 bits per heavy atom. The van der Waals surface area contributed by atoms with Gasteiger partial charge in [0, 0.05) is 5.41 Å². The van der Waals surface area contributed by atoms with E-state index in [2.05, 4.69) is 5.32 Å². The summed E-state index contributed by atoms with van der Waals surface area (Å²) in [5.41, 5.74) is -0.571. The fourth-order valence-electron chi connectivity index (χ4n) is 0.542. The molecule has 0 aliphatic rings. The molecule has 3 N–H and O–H groups in total. The van der Waals surface area contributed by atoms with Gasteiger partial charge in [0.25, 0.3) is 0 Å². The van der Waals surface area contributed by atoms with Crippen LogP contribution in [0.2, 0.25) is 0 Å². The number of carbonyl (C=O) groups excluding carboxylic acids is 1. The number of rotatable bonds is 3. The molecule has 0 saturated carbocycles. The zero-order valence-corrected chi connectivity index (χ0v) is 8.00. The molecule has 13 heavy (non-hydrogen) atoms. The lowest BCUT2D eigenvalue weighted by Gasteiger charge is -2.18. The summed E-state index contributed by atoms with van der Waals surface area (Å²) in [5, 5.41) is 19.5. The van der Waals surface area contributed by atoms with Crippen molar-refractivity contribution in [3.05, 3.63) is 0 Å². The van der Waals surface area contributed by atoms with Crippen molar-refractivity contribution in [2.45, 2.75) is 26.9 Å². The summed E-state index contributed by atoms with van der Waals surface area (Å²) < 4.78 is 0. The van der Waals surface area contributed by atoms with E-state index in [1.807, 2.05) is 0 Å². The summed E-state index contributed by atoms with van der Waals surface area (Å²) in [7, 11) is 0. The third-order valence-corrected chi connectivity index (χ3v) is 1.42. The van der Waals surface area contributed by atoms with Crippen molar-refractivity contribution in [2.75, 3.05) is 6.54 Å². The van der Waals surface area contributed by atoms with Crippen molar-refractivity contribution in [3.8, 4) is 0 Å². The molecule has 0 aromatic carbocycles. The van der Waals surface area contributed by atoms with E-state index in [4.69, 9.17) is 10.2 Å². The number of hydrogen-bond donors (Lipinski definition) is 3. The van der Waals surface area contributed by atoms with Crippen molar-refractivity contribution in [1.29, 1.82) is 0 Å². The molecule has 5 heteroatoms. The molecule has 0 rings (SSSR count). The largest absolute Gasteiger partial charge is 0.479 e. The number of carboxylic acids is 1. The summed E-state index contributed by atoms with van der Waals surface area (Å²) in [4.78, 5) is 21.3. The first-order valence-electron chi connectivity index (χ1n) is 3.94. The third kappa shape index (κ3) is 4.47. The highest BCUT2D eigenvalue weighted by Gasteiger charge is 2.22. The Morgan fingerprint density at radius 1 is 1.38 bits per heavy atom. The van der Waals surface area contributed by atoms with Crippen LogP contribution in [-0.2, 0) is 9.59 Å². The van der Waals surface area contributed by atoms with Crippen LogP contribution < -0.4 is 5.32 Å². The van der Waals surface area contributed by atoms with Gasteiger partial charge in [0.2, 0.25) is 5.91 Å². The van der Waals surface area contributed by atoms with E-state index in [0.717, 1.165) is 0 Å². The van der Waals surface area contributed by atoms with E-state index >= 15 is 0 Å². The number of aliphatic hydroxyl groups excluding tert-OH is 1. The second kappa shape index (κ2) is 4.23. The Labute approximate surface area is 76.8 Å². The first kappa shape index (κ1) is 11.9. The fourth-order valence-corrected chi connectivity index (χ4v) is 0.542. The van der Waals surface area contributed by atoms with Crippen LogP contribution in [-0.4, -0.2) is 34.7 Å². The zero-order valence-electron chi connectivity index (χ0n) is 8.00. The standard InChI is InChI=1S/C8H15NO4/c1-8(2,3)7(13)9-4-5(10)6(11)12/h5,10H,4H2,1-3H3,(H,9,13)(H,11,12). The van der Waals surface area contributed by atoms with Crippen LogP contribution in [0.4, 0.5) is 0 Å². The van der Waals surface area contributed by atoms with Gasteiger partial charge in [0.05, 0.1) is 6.54 Å². The molecule has 1 unspecified atom stereocenters. The molecule has 0 radical (unpaired) electrons. The predicted molar refractivity (Wildman–Crippen MR) is 46.1 cm³/mol. The van der Waals surface area contributed by atoms with Gasteiger partial charge in [-0.05, 0) is 0 Å². The molecule has 0 aliphatic heterocycles. The van der Waals surface area contributed by atoms with Crippen LogP contribution in [0.5, 0.6) is 0 Å². The van der Waals surface area contributed by atoms with Gasteiger partial charge in [-0.15, -0.1) is 0 Å². The van der Waals surface area contributed by atoms with Crippen LogP contribution in [0.1, 0.15) is 20.8 Å².